The second-order valence-electron chi connectivity index (χ2n) is 8.52. The van der Waals surface area contributed by atoms with Crippen molar-refractivity contribution in [3.63, 3.8) is 0 Å². The second kappa shape index (κ2) is 6.88. The molecule has 1 spiro atoms. The van der Waals surface area contributed by atoms with Gasteiger partial charge in [0.15, 0.2) is 0 Å². The third kappa shape index (κ3) is 3.08. The van der Waals surface area contributed by atoms with Crippen LogP contribution in [-0.4, -0.2) is 30.3 Å². The molecule has 3 aliphatic rings. The summed E-state index contributed by atoms with van der Waals surface area (Å²) in [7, 11) is 0. The van der Waals surface area contributed by atoms with E-state index in [0.717, 1.165) is 68.0 Å². The summed E-state index contributed by atoms with van der Waals surface area (Å²) in [4.78, 5) is 17.6. The highest BCUT2D eigenvalue weighted by atomic mass is 16.1. The number of hydrogen-bond donors (Lipinski definition) is 3. The molecule has 1 fully saturated rings. The Hall–Kier alpha value is -2.86. The molecule has 1 aromatic heterocycles. The van der Waals surface area contributed by atoms with Crippen molar-refractivity contribution in [2.45, 2.75) is 31.7 Å². The van der Waals surface area contributed by atoms with Gasteiger partial charge in [-0.3, -0.25) is 4.79 Å². The molecule has 5 rings (SSSR count). The number of nitrogens with two attached hydrogens (primary N) is 1. The van der Waals surface area contributed by atoms with E-state index in [2.05, 4.69) is 51.3 Å². The lowest BCUT2D eigenvalue weighted by atomic mass is 9.73. The largest absolute Gasteiger partial charge is 0.358 e. The summed E-state index contributed by atoms with van der Waals surface area (Å²) in [5.74, 6) is 0.860. The fourth-order valence-corrected chi connectivity index (χ4v) is 5.14. The van der Waals surface area contributed by atoms with Crippen molar-refractivity contribution in [3.05, 3.63) is 70.0 Å². The number of fused-ring (bicyclic) bond motifs is 1. The minimum atomic E-state index is -0.101. The maximum absolute atomic E-state index is 12.3. The zero-order valence-corrected chi connectivity index (χ0v) is 16.6. The lowest BCUT2D eigenvalue weighted by Gasteiger charge is -2.42. The molecule has 3 heterocycles. The second-order valence-corrected chi connectivity index (χ2v) is 8.52. The summed E-state index contributed by atoms with van der Waals surface area (Å²) in [5, 5.41) is 4.29. The van der Waals surface area contributed by atoms with Gasteiger partial charge in [0, 0.05) is 38.2 Å². The zero-order chi connectivity index (χ0) is 20.0. The highest BCUT2D eigenvalue weighted by molar-refractivity contribution is 6.23. The standard InChI is InChI=1S/C23H27N5O/c1-15(19-6-9-25-27-19)17-12-20(26-21(29)13-17)28-10-7-23(8-11-28)14-16-4-2-3-5-18(16)22(23)24/h2-5,12-13,22,25H,1,6-11,14,24H2,(H,26,29)/t22-/m1/s1. The van der Waals surface area contributed by atoms with Gasteiger partial charge in [0.1, 0.15) is 5.82 Å². The number of rotatable bonds is 3. The number of aromatic nitrogens is 1. The van der Waals surface area contributed by atoms with Crippen molar-refractivity contribution < 1.29 is 0 Å². The van der Waals surface area contributed by atoms with E-state index >= 15 is 0 Å². The molecule has 0 saturated carbocycles. The number of aromatic amines is 1. The Morgan fingerprint density at radius 2 is 2.03 bits per heavy atom. The van der Waals surface area contributed by atoms with E-state index in [1.807, 2.05) is 6.07 Å². The quantitative estimate of drug-likeness (QED) is 0.753. The van der Waals surface area contributed by atoms with Gasteiger partial charge in [0.25, 0.3) is 0 Å². The van der Waals surface area contributed by atoms with Crippen LogP contribution in [0.2, 0.25) is 0 Å². The van der Waals surface area contributed by atoms with Crippen molar-refractivity contribution in [3.8, 4) is 0 Å². The van der Waals surface area contributed by atoms with Gasteiger partial charge in [0.05, 0.1) is 5.71 Å². The average Bonchev–Trinajstić information content (AvgIpc) is 3.36. The minimum Gasteiger partial charge on any atom is -0.358 e. The molecule has 1 aromatic carbocycles. The molecule has 150 valence electrons. The van der Waals surface area contributed by atoms with E-state index in [-0.39, 0.29) is 17.0 Å². The van der Waals surface area contributed by atoms with Gasteiger partial charge in [-0.15, -0.1) is 0 Å². The molecule has 2 aromatic rings. The van der Waals surface area contributed by atoms with Gasteiger partial charge in [-0.1, -0.05) is 30.8 Å². The van der Waals surface area contributed by atoms with Gasteiger partial charge in [-0.25, -0.2) is 0 Å². The fourth-order valence-electron chi connectivity index (χ4n) is 5.14. The Morgan fingerprint density at radius 1 is 1.24 bits per heavy atom. The molecule has 4 N–H and O–H groups in total. The number of anilines is 1. The third-order valence-electron chi connectivity index (χ3n) is 6.91. The van der Waals surface area contributed by atoms with Crippen molar-refractivity contribution in [2.75, 3.05) is 24.5 Å². The molecule has 0 bridgehead atoms. The number of pyridine rings is 1. The molecule has 0 radical (unpaired) electrons. The van der Waals surface area contributed by atoms with Crippen LogP contribution in [0.15, 0.2) is 52.9 Å². The first-order chi connectivity index (χ1) is 14.1. The van der Waals surface area contributed by atoms with Gasteiger partial charge < -0.3 is 21.0 Å². The summed E-state index contributed by atoms with van der Waals surface area (Å²) in [5.41, 5.74) is 15.0. The van der Waals surface area contributed by atoms with E-state index in [1.165, 1.54) is 11.1 Å². The normalized spacial score (nSPS) is 22.3. The first-order valence-electron chi connectivity index (χ1n) is 10.4. The van der Waals surface area contributed by atoms with Crippen LogP contribution in [0.3, 0.4) is 0 Å². The molecular formula is C23H27N5O. The van der Waals surface area contributed by atoms with Crippen molar-refractivity contribution in [1.82, 2.24) is 10.4 Å². The Bertz CT molecular complexity index is 1050. The molecule has 6 nitrogen and oxygen atoms in total. The van der Waals surface area contributed by atoms with Crippen LogP contribution in [0.4, 0.5) is 5.82 Å². The predicted octanol–water partition coefficient (Wildman–Crippen LogP) is 2.58. The Kier molecular flexibility index (Phi) is 4.32. The topological polar surface area (TPSA) is 86.5 Å². The third-order valence-corrected chi connectivity index (χ3v) is 6.91. The number of hydrazone groups is 1. The number of piperidine rings is 1. The number of benzene rings is 1. The van der Waals surface area contributed by atoms with Gasteiger partial charge in [0.2, 0.25) is 5.56 Å². The fraction of sp³-hybridized carbons (Fsp3) is 0.391. The van der Waals surface area contributed by atoms with Crippen molar-refractivity contribution in [2.24, 2.45) is 16.3 Å². The summed E-state index contributed by atoms with van der Waals surface area (Å²) in [6.07, 6.45) is 3.93. The van der Waals surface area contributed by atoms with E-state index in [0.29, 0.717) is 0 Å². The first kappa shape index (κ1) is 18.2. The monoisotopic (exact) mass is 389 g/mol. The molecule has 1 atom stereocenters. The van der Waals surface area contributed by atoms with Crippen molar-refractivity contribution in [1.29, 1.82) is 0 Å². The van der Waals surface area contributed by atoms with E-state index in [1.54, 1.807) is 6.07 Å². The highest BCUT2D eigenvalue weighted by Crippen LogP contribution is 2.50. The van der Waals surface area contributed by atoms with Crippen LogP contribution in [-0.2, 0) is 6.42 Å². The molecule has 29 heavy (non-hydrogen) atoms. The Balaban J connectivity index is 1.35. The lowest BCUT2D eigenvalue weighted by molar-refractivity contribution is 0.187. The van der Waals surface area contributed by atoms with E-state index in [4.69, 9.17) is 5.73 Å². The molecule has 1 saturated heterocycles. The minimum absolute atomic E-state index is 0.0962. The lowest BCUT2D eigenvalue weighted by Crippen LogP contribution is -2.45. The van der Waals surface area contributed by atoms with Crippen molar-refractivity contribution >= 4 is 17.1 Å². The molecule has 0 amide bonds. The maximum Gasteiger partial charge on any atom is 0.250 e. The maximum atomic E-state index is 12.3. The predicted molar refractivity (Wildman–Crippen MR) is 117 cm³/mol. The number of hydrogen-bond acceptors (Lipinski definition) is 5. The SMILES string of the molecule is C=C(C1=NNCC1)c1cc(N2CCC3(CC2)Cc2ccccc2[C@H]3N)[nH]c(=O)c1. The molecular weight excluding hydrogens is 362 g/mol. The summed E-state index contributed by atoms with van der Waals surface area (Å²) in [6, 6.07) is 12.3. The first-order valence-corrected chi connectivity index (χ1v) is 10.4. The van der Waals surface area contributed by atoms with Crippen LogP contribution < -0.4 is 21.6 Å². The summed E-state index contributed by atoms with van der Waals surface area (Å²) < 4.78 is 0. The zero-order valence-electron chi connectivity index (χ0n) is 16.6. The van der Waals surface area contributed by atoms with E-state index in [9.17, 15) is 4.79 Å². The molecule has 1 aliphatic carbocycles. The van der Waals surface area contributed by atoms with Crippen LogP contribution in [0.25, 0.3) is 5.57 Å². The van der Waals surface area contributed by atoms with E-state index < -0.39 is 0 Å². The van der Waals surface area contributed by atoms with Gasteiger partial charge >= 0.3 is 0 Å². The van der Waals surface area contributed by atoms with Crippen LogP contribution in [0.5, 0.6) is 0 Å². The average molecular weight is 390 g/mol. The summed E-state index contributed by atoms with van der Waals surface area (Å²) >= 11 is 0. The molecule has 2 aliphatic heterocycles. The Labute approximate surface area is 170 Å². The van der Waals surface area contributed by atoms with Gasteiger partial charge in [-0.2, -0.15) is 5.10 Å². The van der Waals surface area contributed by atoms with Crippen LogP contribution in [0.1, 0.15) is 42.0 Å². The number of H-pyrrole nitrogens is 1. The smallest absolute Gasteiger partial charge is 0.250 e. The number of allylic oxidation sites excluding steroid dienone is 1. The van der Waals surface area contributed by atoms with Gasteiger partial charge in [-0.05, 0) is 53.0 Å². The highest BCUT2D eigenvalue weighted by Gasteiger charge is 2.45. The molecule has 6 heteroatoms. The Morgan fingerprint density at radius 3 is 2.76 bits per heavy atom. The van der Waals surface area contributed by atoms with Crippen LogP contribution >= 0.6 is 0 Å². The van der Waals surface area contributed by atoms with Crippen LogP contribution in [0, 0.1) is 5.41 Å². The molecule has 0 unspecified atom stereocenters. The number of nitrogens with one attached hydrogen (secondary N) is 2. The summed E-state index contributed by atoms with van der Waals surface area (Å²) in [6.45, 7) is 6.76. The number of nitrogens with zero attached hydrogens (tertiary/aromatic N) is 2.